The summed E-state index contributed by atoms with van der Waals surface area (Å²) >= 11 is 0. The SMILES string of the molecule is CC1=C(/C=C/C(C)=C/C=C/C(C)=C/C(=O)O)C(C)(C)CCC1.CCCCCCCCCCCCCC(=O)COCN(CCOC(=O)CCCCCCCCCCCCC)C(=O)/C=C(C)/C=C/C=C(C)/C=C/C1=C(C)CCCC1(C)C.CCCCCCCCCCCCCC(=O)COCNCCOC(=O)CCCCCCCCCCCCC. The van der Waals surface area contributed by atoms with E-state index in [2.05, 4.69) is 119 Å². The molecule has 0 radical (unpaired) electrons. The zero-order valence-corrected chi connectivity index (χ0v) is 78.2. The number of nitrogens with one attached hydrogen (secondary N) is 1. The van der Waals surface area contributed by atoms with Gasteiger partial charge in [-0.2, -0.15) is 0 Å². The number of hydrogen-bond acceptors (Lipinski definition) is 11. The van der Waals surface area contributed by atoms with E-state index in [-0.39, 0.29) is 73.3 Å². The summed E-state index contributed by atoms with van der Waals surface area (Å²) in [5.74, 6) is -1.24. The Morgan fingerprint density at radius 1 is 0.402 bits per heavy atom. The predicted molar refractivity (Wildman–Crippen MR) is 497 cm³/mol. The van der Waals surface area contributed by atoms with Gasteiger partial charge >= 0.3 is 17.9 Å². The quantitative estimate of drug-likeness (QED) is 0.0194. The highest BCUT2D eigenvalue weighted by molar-refractivity contribution is 5.88. The second kappa shape index (κ2) is 77.8. The number of ether oxygens (including phenoxy) is 4. The highest BCUT2D eigenvalue weighted by Crippen LogP contribution is 2.42. The Hall–Kier alpha value is -5.50. The summed E-state index contributed by atoms with van der Waals surface area (Å²) in [6.07, 6.45) is 88.2. The van der Waals surface area contributed by atoms with Gasteiger partial charge in [-0.3, -0.25) is 29.3 Å². The Bertz CT molecular complexity index is 2810. The largest absolute Gasteiger partial charge is 0.478 e. The van der Waals surface area contributed by atoms with Crippen molar-refractivity contribution >= 4 is 35.4 Å². The van der Waals surface area contributed by atoms with Crippen molar-refractivity contribution in [3.05, 3.63) is 117 Å². The lowest BCUT2D eigenvalue weighted by Gasteiger charge is -2.33. The summed E-state index contributed by atoms with van der Waals surface area (Å²) < 4.78 is 22.0. The molecule has 0 saturated heterocycles. The lowest BCUT2D eigenvalue weighted by molar-refractivity contribution is -0.147. The molecule has 0 aromatic heterocycles. The molecular weight excluding hydrogens is 1450 g/mol. The molecule has 2 N–H and O–H groups in total. The Morgan fingerprint density at radius 2 is 0.718 bits per heavy atom. The van der Waals surface area contributed by atoms with E-state index >= 15 is 0 Å². The third kappa shape index (κ3) is 69.8. The molecule has 0 saturated carbocycles. The molecule has 1 amide bonds. The van der Waals surface area contributed by atoms with Crippen LogP contribution in [-0.2, 0) is 47.7 Å². The Balaban J connectivity index is 0.00000193. The number of amides is 1. The number of carboxylic acid groups (broad SMARTS) is 1. The van der Waals surface area contributed by atoms with Gasteiger partial charge in [0.25, 0.3) is 0 Å². The van der Waals surface area contributed by atoms with Gasteiger partial charge in [0.05, 0.1) is 13.3 Å². The number of carbonyl (C=O) groups excluding carboxylic acids is 5. The highest BCUT2D eigenvalue weighted by atomic mass is 16.5. The number of unbranched alkanes of at least 4 members (excludes halogenated alkanes) is 40. The summed E-state index contributed by atoms with van der Waals surface area (Å²) in [4.78, 5) is 74.3. The van der Waals surface area contributed by atoms with Crippen molar-refractivity contribution in [1.29, 1.82) is 0 Å². The van der Waals surface area contributed by atoms with Crippen LogP contribution in [-0.4, -0.2) is 98.4 Å². The van der Waals surface area contributed by atoms with Crippen LogP contribution in [0.4, 0.5) is 0 Å². The average molecular weight is 1630 g/mol. The second-order valence-corrected chi connectivity index (χ2v) is 35.4. The van der Waals surface area contributed by atoms with Crippen molar-refractivity contribution in [2.24, 2.45) is 10.8 Å². The first-order valence-corrected chi connectivity index (χ1v) is 48.0. The average Bonchev–Trinajstić information content (AvgIpc) is 0.828. The van der Waals surface area contributed by atoms with Gasteiger partial charge in [0, 0.05) is 44.4 Å². The minimum absolute atomic E-state index is 0.0199. The summed E-state index contributed by atoms with van der Waals surface area (Å²) in [5, 5.41) is 11.7. The van der Waals surface area contributed by atoms with Gasteiger partial charge in [-0.25, -0.2) is 4.79 Å². The van der Waals surface area contributed by atoms with Crippen LogP contribution in [0.1, 0.15) is 444 Å². The number of esters is 2. The summed E-state index contributed by atoms with van der Waals surface area (Å²) in [6.45, 7) is 32.3. The van der Waals surface area contributed by atoms with E-state index < -0.39 is 5.97 Å². The first kappa shape index (κ1) is 112. The first-order valence-electron chi connectivity index (χ1n) is 48.0. The van der Waals surface area contributed by atoms with E-state index in [4.69, 9.17) is 24.1 Å². The highest BCUT2D eigenvalue weighted by Gasteiger charge is 2.28. The maximum Gasteiger partial charge on any atom is 0.328 e. The third-order valence-corrected chi connectivity index (χ3v) is 22.8. The van der Waals surface area contributed by atoms with Crippen LogP contribution >= 0.6 is 0 Å². The molecule has 0 spiro atoms. The maximum atomic E-state index is 13.4. The molecule has 2 rings (SSSR count). The molecule has 13 heteroatoms. The topological polar surface area (TPSA) is 175 Å². The lowest BCUT2D eigenvalue weighted by atomic mass is 9.72. The van der Waals surface area contributed by atoms with E-state index in [9.17, 15) is 28.8 Å². The molecule has 0 unspecified atom stereocenters. The first-order chi connectivity index (χ1) is 56.4. The molecular formula is C104H180N2O11. The standard InChI is InChI=1S/C52H89NO5.C32H63NO4.C20H28O2/c1-8-10-12-14-16-18-20-22-24-26-28-35-48(54)43-57-44-53(40-41-58-51(56)36-29-27-25-23-21-19-17-15-13-11-9-2)50(55)42-46(4)33-30-32-45(3)37-38-49-47(5)34-31-39-52(49,6)7;1-3-5-7-9-11-13-15-17-19-21-23-25-31(34)29-36-30-33-27-28-37-32(35)26-24-22-20-18-16-14-12-10-8-6-4-2;1-15(8-6-9-16(2)14-19(21)22)11-12-18-17(3)10-7-13-20(18,4)5/h30,32-33,37-38,42H,8-29,31,34-36,39-41,43-44H2,1-7H3;33H,3-30H2,1-2H3;6,8-9,11-12,14H,7,10,13H2,1-5H3,(H,21,22)/b33-30+,38-37+,45-32+,46-42+;;9-6+,12-11+,15-8+,16-14+. The van der Waals surface area contributed by atoms with Crippen LogP contribution in [0.3, 0.4) is 0 Å². The van der Waals surface area contributed by atoms with Crippen molar-refractivity contribution < 1.29 is 52.8 Å². The number of rotatable bonds is 72. The monoisotopic (exact) mass is 1630 g/mol. The molecule has 2 aliphatic carbocycles. The van der Waals surface area contributed by atoms with Gasteiger partial charge in [0.1, 0.15) is 33.2 Å². The normalized spacial score (nSPS) is 14.7. The minimum Gasteiger partial charge on any atom is -0.478 e. The smallest absolute Gasteiger partial charge is 0.328 e. The second-order valence-electron chi connectivity index (χ2n) is 35.4. The van der Waals surface area contributed by atoms with Gasteiger partial charge in [0.2, 0.25) is 5.91 Å². The number of nitrogens with zero attached hydrogens (tertiary/aromatic N) is 1. The number of carboxylic acids is 1. The number of carbonyl (C=O) groups is 6. The zero-order chi connectivity index (χ0) is 86.5. The van der Waals surface area contributed by atoms with Crippen LogP contribution in [0, 0.1) is 10.8 Å². The third-order valence-electron chi connectivity index (χ3n) is 22.8. The fraction of sp³-hybridized carbons (Fsp3) is 0.750. The van der Waals surface area contributed by atoms with Crippen LogP contribution in [0.5, 0.6) is 0 Å². The van der Waals surface area contributed by atoms with Gasteiger partial charge in [-0.1, -0.05) is 395 Å². The number of ketones is 2. The van der Waals surface area contributed by atoms with E-state index in [1.54, 1.807) is 19.1 Å². The molecule has 0 aliphatic heterocycles. The van der Waals surface area contributed by atoms with Crippen molar-refractivity contribution in [3.8, 4) is 0 Å². The lowest BCUT2D eigenvalue weighted by Crippen LogP contribution is -2.36. The predicted octanol–water partition coefficient (Wildman–Crippen LogP) is 29.5. The summed E-state index contributed by atoms with van der Waals surface area (Å²) in [6, 6.07) is 0. The Labute approximate surface area is 719 Å². The Morgan fingerprint density at radius 3 is 1.06 bits per heavy atom. The van der Waals surface area contributed by atoms with Gasteiger partial charge < -0.3 is 29.0 Å². The molecule has 13 nitrogen and oxygen atoms in total. The Kier molecular flexibility index (Phi) is 74.1. The van der Waals surface area contributed by atoms with E-state index in [0.29, 0.717) is 45.6 Å². The maximum absolute atomic E-state index is 13.4. The van der Waals surface area contributed by atoms with Crippen molar-refractivity contribution in [2.45, 2.75) is 444 Å². The minimum atomic E-state index is -0.912. The van der Waals surface area contributed by atoms with E-state index in [1.807, 2.05) is 31.2 Å². The number of aliphatic carboxylic acids is 1. The molecule has 0 fully saturated rings. The fourth-order valence-corrected chi connectivity index (χ4v) is 15.3. The van der Waals surface area contributed by atoms with E-state index in [0.717, 1.165) is 80.1 Å². The molecule has 0 aromatic rings. The zero-order valence-electron chi connectivity index (χ0n) is 78.2. The summed E-state index contributed by atoms with van der Waals surface area (Å²) in [5.41, 5.74) is 10.2. The molecule has 672 valence electrons. The number of hydrogen-bond donors (Lipinski definition) is 2. The van der Waals surface area contributed by atoms with Crippen LogP contribution in [0.2, 0.25) is 0 Å². The van der Waals surface area contributed by atoms with Crippen molar-refractivity contribution in [1.82, 2.24) is 10.2 Å². The molecule has 0 bridgehead atoms. The molecule has 0 aromatic carbocycles. The molecule has 0 atom stereocenters. The number of allylic oxidation sites excluding steroid dienone is 18. The van der Waals surface area contributed by atoms with Crippen molar-refractivity contribution in [2.75, 3.05) is 53.0 Å². The molecule has 117 heavy (non-hydrogen) atoms. The molecule has 0 heterocycles. The number of Topliss-reactive ketones (excluding diaryl/α,β-unsaturated/α-hetero) is 2. The fourth-order valence-electron chi connectivity index (χ4n) is 15.3. The summed E-state index contributed by atoms with van der Waals surface area (Å²) in [7, 11) is 0. The molecule has 2 aliphatic rings. The van der Waals surface area contributed by atoms with Gasteiger partial charge in [0.15, 0.2) is 11.6 Å². The van der Waals surface area contributed by atoms with Crippen molar-refractivity contribution in [3.63, 3.8) is 0 Å². The van der Waals surface area contributed by atoms with Gasteiger partial charge in [-0.15, -0.1) is 0 Å². The van der Waals surface area contributed by atoms with E-state index in [1.165, 1.54) is 297 Å². The van der Waals surface area contributed by atoms with Crippen LogP contribution in [0.25, 0.3) is 0 Å². The van der Waals surface area contributed by atoms with Crippen LogP contribution in [0.15, 0.2) is 117 Å². The van der Waals surface area contributed by atoms with Crippen LogP contribution < -0.4 is 5.32 Å². The van der Waals surface area contributed by atoms with Gasteiger partial charge in [-0.05, 0) is 139 Å².